The van der Waals surface area contributed by atoms with Crippen LogP contribution >= 0.6 is 0 Å². The lowest BCUT2D eigenvalue weighted by Gasteiger charge is -2.35. The Balaban J connectivity index is 1.30. The van der Waals surface area contributed by atoms with Crippen LogP contribution in [0, 0.1) is 0 Å². The standard InChI is InChI=1S/C20H24N4O4S/c25-29(26,16-5-6-18-19(14-16)28-12-11-27-18)24-9-7-23(8-10-24)20-13-15-3-1-2-4-17(15)21-22-20/h5-6,13-14H,1-4,7-12H2. The molecule has 0 bridgehead atoms. The van der Waals surface area contributed by atoms with Crippen LogP contribution in [0.5, 0.6) is 11.5 Å². The maximum absolute atomic E-state index is 13.1. The predicted molar refractivity (Wildman–Crippen MR) is 107 cm³/mol. The summed E-state index contributed by atoms with van der Waals surface area (Å²) in [5.41, 5.74) is 2.40. The molecule has 0 radical (unpaired) electrons. The van der Waals surface area contributed by atoms with Gasteiger partial charge in [-0.25, -0.2) is 8.42 Å². The molecule has 1 aliphatic carbocycles. The number of ether oxygens (including phenoxy) is 2. The van der Waals surface area contributed by atoms with E-state index in [0.717, 1.165) is 24.4 Å². The van der Waals surface area contributed by atoms with Gasteiger partial charge in [0.15, 0.2) is 17.3 Å². The lowest BCUT2D eigenvalue weighted by molar-refractivity contribution is 0.171. The molecule has 0 spiro atoms. The Morgan fingerprint density at radius 2 is 1.62 bits per heavy atom. The highest BCUT2D eigenvalue weighted by atomic mass is 32.2. The van der Waals surface area contributed by atoms with Crippen LogP contribution in [0.25, 0.3) is 0 Å². The van der Waals surface area contributed by atoms with Gasteiger partial charge in [0.25, 0.3) is 0 Å². The average Bonchev–Trinajstić information content (AvgIpc) is 2.78. The summed E-state index contributed by atoms with van der Waals surface area (Å²) < 4.78 is 38.7. The molecule has 0 unspecified atom stereocenters. The van der Waals surface area contributed by atoms with Crippen molar-refractivity contribution in [1.29, 1.82) is 0 Å². The molecule has 29 heavy (non-hydrogen) atoms. The zero-order valence-corrected chi connectivity index (χ0v) is 17.0. The molecule has 2 aliphatic heterocycles. The third-order valence-corrected chi connectivity index (χ3v) is 7.67. The van der Waals surface area contributed by atoms with E-state index in [-0.39, 0.29) is 4.90 Å². The van der Waals surface area contributed by atoms with Gasteiger partial charge >= 0.3 is 0 Å². The second-order valence-electron chi connectivity index (χ2n) is 7.58. The highest BCUT2D eigenvalue weighted by Gasteiger charge is 2.30. The molecule has 1 aromatic carbocycles. The first-order valence-corrected chi connectivity index (χ1v) is 11.6. The summed E-state index contributed by atoms with van der Waals surface area (Å²) in [5.74, 6) is 1.92. The van der Waals surface area contributed by atoms with Gasteiger partial charge in [-0.15, -0.1) is 5.10 Å². The topological polar surface area (TPSA) is 84.9 Å². The molecular weight excluding hydrogens is 392 g/mol. The van der Waals surface area contributed by atoms with Crippen molar-refractivity contribution < 1.29 is 17.9 Å². The van der Waals surface area contributed by atoms with E-state index in [1.165, 1.54) is 22.7 Å². The molecule has 0 saturated carbocycles. The van der Waals surface area contributed by atoms with Crippen LogP contribution in [0.3, 0.4) is 0 Å². The minimum absolute atomic E-state index is 0.240. The van der Waals surface area contributed by atoms with Gasteiger partial charge in [0.2, 0.25) is 10.0 Å². The maximum atomic E-state index is 13.1. The molecule has 0 N–H and O–H groups in total. The Bertz CT molecular complexity index is 1020. The Hall–Kier alpha value is -2.39. The first kappa shape index (κ1) is 18.6. The van der Waals surface area contributed by atoms with E-state index in [9.17, 15) is 8.42 Å². The largest absolute Gasteiger partial charge is 0.486 e. The van der Waals surface area contributed by atoms with Crippen LogP contribution in [0.15, 0.2) is 29.2 Å². The van der Waals surface area contributed by atoms with Crippen molar-refractivity contribution in [2.75, 3.05) is 44.3 Å². The van der Waals surface area contributed by atoms with Crippen molar-refractivity contribution in [3.05, 3.63) is 35.5 Å². The smallest absolute Gasteiger partial charge is 0.243 e. The summed E-state index contributed by atoms with van der Waals surface area (Å²) >= 11 is 0. The maximum Gasteiger partial charge on any atom is 0.243 e. The molecule has 154 valence electrons. The van der Waals surface area contributed by atoms with Crippen molar-refractivity contribution in [3.63, 3.8) is 0 Å². The Morgan fingerprint density at radius 1 is 0.862 bits per heavy atom. The zero-order chi connectivity index (χ0) is 19.8. The van der Waals surface area contributed by atoms with Crippen LogP contribution in [0.2, 0.25) is 0 Å². The summed E-state index contributed by atoms with van der Waals surface area (Å²) in [4.78, 5) is 2.36. The van der Waals surface area contributed by atoms with Gasteiger partial charge in [0.05, 0.1) is 10.6 Å². The molecule has 9 heteroatoms. The van der Waals surface area contributed by atoms with Crippen LogP contribution in [0.1, 0.15) is 24.1 Å². The van der Waals surface area contributed by atoms with Crippen molar-refractivity contribution in [1.82, 2.24) is 14.5 Å². The molecule has 0 amide bonds. The first-order valence-electron chi connectivity index (χ1n) is 10.1. The normalized spacial score (nSPS) is 19.7. The van der Waals surface area contributed by atoms with Crippen LogP contribution < -0.4 is 14.4 Å². The highest BCUT2D eigenvalue weighted by molar-refractivity contribution is 7.89. The quantitative estimate of drug-likeness (QED) is 0.752. The molecule has 1 fully saturated rings. The van der Waals surface area contributed by atoms with Gasteiger partial charge < -0.3 is 14.4 Å². The minimum atomic E-state index is -3.58. The Morgan fingerprint density at radius 3 is 2.45 bits per heavy atom. The monoisotopic (exact) mass is 416 g/mol. The molecule has 3 heterocycles. The fourth-order valence-electron chi connectivity index (χ4n) is 4.12. The molecule has 8 nitrogen and oxygen atoms in total. The molecule has 5 rings (SSSR count). The summed E-state index contributed by atoms with van der Waals surface area (Å²) in [5, 5.41) is 8.79. The third kappa shape index (κ3) is 3.53. The zero-order valence-electron chi connectivity index (χ0n) is 16.2. The van der Waals surface area contributed by atoms with Crippen molar-refractivity contribution in [2.24, 2.45) is 0 Å². The van der Waals surface area contributed by atoms with E-state index in [0.29, 0.717) is 50.9 Å². The minimum Gasteiger partial charge on any atom is -0.486 e. The van der Waals surface area contributed by atoms with E-state index in [1.807, 2.05) is 0 Å². The number of hydrogen-bond donors (Lipinski definition) is 0. The van der Waals surface area contributed by atoms with Gasteiger partial charge in [0, 0.05) is 32.2 Å². The Kier molecular flexibility index (Phi) is 4.79. The summed E-state index contributed by atoms with van der Waals surface area (Å²) in [6, 6.07) is 6.95. The van der Waals surface area contributed by atoms with Gasteiger partial charge in [-0.1, -0.05) is 0 Å². The summed E-state index contributed by atoms with van der Waals surface area (Å²) in [6.07, 6.45) is 4.43. The SMILES string of the molecule is O=S(=O)(c1ccc2c(c1)OCCO2)N1CCN(c2cc3c(nn2)CCCC3)CC1. The summed E-state index contributed by atoms with van der Waals surface area (Å²) in [7, 11) is -3.58. The predicted octanol–water partition coefficient (Wildman–Crippen LogP) is 1.64. The Labute approximate surface area is 170 Å². The van der Waals surface area contributed by atoms with Gasteiger partial charge in [-0.2, -0.15) is 9.40 Å². The number of rotatable bonds is 3. The van der Waals surface area contributed by atoms with Crippen molar-refractivity contribution in [2.45, 2.75) is 30.6 Å². The van der Waals surface area contributed by atoms with E-state index >= 15 is 0 Å². The summed E-state index contributed by atoms with van der Waals surface area (Å²) in [6.45, 7) is 2.92. The third-order valence-electron chi connectivity index (χ3n) is 5.77. The van der Waals surface area contributed by atoms with Crippen molar-refractivity contribution in [3.8, 4) is 11.5 Å². The number of sulfonamides is 1. The molecule has 0 atom stereocenters. The number of aryl methyl sites for hydroxylation is 2. The molecule has 3 aliphatic rings. The van der Waals surface area contributed by atoms with Crippen LogP contribution in [-0.2, 0) is 22.9 Å². The average molecular weight is 417 g/mol. The van der Waals surface area contributed by atoms with Crippen LogP contribution in [-0.4, -0.2) is 62.3 Å². The van der Waals surface area contributed by atoms with E-state index < -0.39 is 10.0 Å². The van der Waals surface area contributed by atoms with E-state index in [2.05, 4.69) is 21.2 Å². The van der Waals surface area contributed by atoms with E-state index in [4.69, 9.17) is 9.47 Å². The number of hydrogen-bond acceptors (Lipinski definition) is 7. The second-order valence-corrected chi connectivity index (χ2v) is 9.52. The fraction of sp³-hybridized carbons (Fsp3) is 0.500. The molecule has 2 aromatic rings. The molecule has 1 saturated heterocycles. The van der Waals surface area contributed by atoms with Crippen LogP contribution in [0.4, 0.5) is 5.82 Å². The molecule has 1 aromatic heterocycles. The van der Waals surface area contributed by atoms with E-state index in [1.54, 1.807) is 18.2 Å². The number of aromatic nitrogens is 2. The lowest BCUT2D eigenvalue weighted by atomic mass is 9.97. The first-order chi connectivity index (χ1) is 14.1. The highest BCUT2D eigenvalue weighted by Crippen LogP contribution is 2.33. The van der Waals surface area contributed by atoms with Gasteiger partial charge in [0.1, 0.15) is 13.2 Å². The second kappa shape index (κ2) is 7.46. The number of nitrogens with zero attached hydrogens (tertiary/aromatic N) is 4. The molecular formula is C20H24N4O4S. The number of fused-ring (bicyclic) bond motifs is 2. The van der Waals surface area contributed by atoms with Gasteiger partial charge in [-0.05, 0) is 49.4 Å². The number of benzene rings is 1. The van der Waals surface area contributed by atoms with Gasteiger partial charge in [-0.3, -0.25) is 0 Å². The lowest BCUT2D eigenvalue weighted by Crippen LogP contribution is -2.49. The van der Waals surface area contributed by atoms with Crippen molar-refractivity contribution >= 4 is 15.8 Å². The number of piperazine rings is 1. The fourth-order valence-corrected chi connectivity index (χ4v) is 5.56. The number of anilines is 1.